The van der Waals surface area contributed by atoms with Crippen molar-refractivity contribution in [3.63, 3.8) is 0 Å². The maximum atomic E-state index is 11.8. The Bertz CT molecular complexity index is 733. The molecule has 2 rings (SSSR count). The van der Waals surface area contributed by atoms with Crippen LogP contribution in [0.1, 0.15) is 27.4 Å². The summed E-state index contributed by atoms with van der Waals surface area (Å²) in [6.45, 7) is 2.09. The van der Waals surface area contributed by atoms with E-state index in [9.17, 15) is 13.2 Å². The van der Waals surface area contributed by atoms with Gasteiger partial charge >= 0.3 is 0 Å². The van der Waals surface area contributed by atoms with Gasteiger partial charge in [0, 0.05) is 6.54 Å². The number of hydrogen-bond donors (Lipinski definition) is 2. The second kappa shape index (κ2) is 6.11. The third-order valence-corrected chi connectivity index (χ3v) is 3.54. The van der Waals surface area contributed by atoms with Crippen LogP contribution < -0.4 is 10.5 Å². The van der Waals surface area contributed by atoms with Crippen molar-refractivity contribution < 1.29 is 17.6 Å². The van der Waals surface area contributed by atoms with Crippen molar-refractivity contribution in [1.29, 1.82) is 0 Å². The summed E-state index contributed by atoms with van der Waals surface area (Å²) in [4.78, 5) is 11.8. The highest BCUT2D eigenvalue weighted by atomic mass is 32.2. The fourth-order valence-electron chi connectivity index (χ4n) is 1.81. The van der Waals surface area contributed by atoms with E-state index >= 15 is 0 Å². The summed E-state index contributed by atoms with van der Waals surface area (Å²) in [5, 5.41) is 7.70. The lowest BCUT2D eigenvalue weighted by atomic mass is 10.1. The van der Waals surface area contributed by atoms with Gasteiger partial charge in [-0.3, -0.25) is 4.79 Å². The van der Waals surface area contributed by atoms with Crippen LogP contribution in [0.2, 0.25) is 0 Å². The number of nitrogens with one attached hydrogen (secondary N) is 1. The van der Waals surface area contributed by atoms with E-state index in [2.05, 4.69) is 5.32 Å². The molecule has 1 aromatic carbocycles. The number of amides is 1. The number of sulfonamides is 1. The second-order valence-corrected chi connectivity index (χ2v) is 6.33. The molecule has 3 N–H and O–H groups in total. The van der Waals surface area contributed by atoms with Crippen LogP contribution in [-0.2, 0) is 22.3 Å². The molecule has 7 heteroatoms. The van der Waals surface area contributed by atoms with Crippen LogP contribution in [0.4, 0.5) is 0 Å². The molecule has 6 nitrogen and oxygen atoms in total. The Labute approximate surface area is 123 Å². The Morgan fingerprint density at radius 1 is 1.14 bits per heavy atom. The highest BCUT2D eigenvalue weighted by Crippen LogP contribution is 2.09. The lowest BCUT2D eigenvalue weighted by Gasteiger charge is -2.05. The smallest absolute Gasteiger partial charge is 0.287 e. The molecule has 21 heavy (non-hydrogen) atoms. The largest absolute Gasteiger partial charge is 0.456 e. The molecular formula is C14H16N2O4S. The van der Waals surface area contributed by atoms with Crippen molar-refractivity contribution in [2.75, 3.05) is 0 Å². The van der Waals surface area contributed by atoms with Gasteiger partial charge in [-0.25, -0.2) is 13.6 Å². The number of benzene rings is 1. The molecular weight excluding hydrogens is 292 g/mol. The van der Waals surface area contributed by atoms with Crippen molar-refractivity contribution in [1.82, 2.24) is 5.32 Å². The van der Waals surface area contributed by atoms with Crippen molar-refractivity contribution >= 4 is 15.9 Å². The van der Waals surface area contributed by atoms with Crippen molar-refractivity contribution in [2.24, 2.45) is 5.14 Å². The topological polar surface area (TPSA) is 102 Å². The predicted molar refractivity (Wildman–Crippen MR) is 77.9 cm³/mol. The molecule has 0 spiro atoms. The Morgan fingerprint density at radius 2 is 1.76 bits per heavy atom. The predicted octanol–water partition coefficient (Wildman–Crippen LogP) is 1.31. The van der Waals surface area contributed by atoms with Gasteiger partial charge in [-0.1, -0.05) is 24.3 Å². The Kier molecular flexibility index (Phi) is 4.44. The van der Waals surface area contributed by atoms with E-state index in [1.165, 1.54) is 0 Å². The normalized spacial score (nSPS) is 11.3. The molecule has 0 atom stereocenters. The zero-order valence-electron chi connectivity index (χ0n) is 11.5. The summed E-state index contributed by atoms with van der Waals surface area (Å²) in [5.74, 6) is 0.438. The first-order chi connectivity index (χ1) is 9.83. The lowest BCUT2D eigenvalue weighted by Crippen LogP contribution is -2.22. The van der Waals surface area contributed by atoms with Gasteiger partial charge in [0.1, 0.15) is 5.76 Å². The molecule has 0 aliphatic carbocycles. The van der Waals surface area contributed by atoms with E-state index in [0.717, 1.165) is 5.56 Å². The Hall–Kier alpha value is -2.12. The molecule has 0 aliphatic rings. The van der Waals surface area contributed by atoms with Crippen LogP contribution in [-0.4, -0.2) is 14.3 Å². The molecule has 0 bridgehead atoms. The van der Waals surface area contributed by atoms with Crippen LogP contribution in [0.5, 0.6) is 0 Å². The van der Waals surface area contributed by atoms with Gasteiger partial charge in [0.05, 0.1) is 5.75 Å². The average Bonchev–Trinajstić information content (AvgIpc) is 2.82. The first-order valence-corrected chi connectivity index (χ1v) is 7.98. The molecule has 1 aromatic heterocycles. The quantitative estimate of drug-likeness (QED) is 0.869. The van der Waals surface area contributed by atoms with Gasteiger partial charge in [0.15, 0.2) is 5.76 Å². The zero-order valence-corrected chi connectivity index (χ0v) is 12.3. The number of nitrogens with two attached hydrogens (primary N) is 1. The zero-order chi connectivity index (χ0) is 15.5. The number of primary sulfonamides is 1. The summed E-state index contributed by atoms with van der Waals surface area (Å²) in [6, 6.07) is 10.2. The average molecular weight is 308 g/mol. The summed E-state index contributed by atoms with van der Waals surface area (Å²) in [7, 11) is -3.53. The Morgan fingerprint density at radius 3 is 2.29 bits per heavy atom. The molecule has 1 amide bonds. The van der Waals surface area contributed by atoms with Crippen molar-refractivity contribution in [2.45, 2.75) is 19.2 Å². The van der Waals surface area contributed by atoms with E-state index in [0.29, 0.717) is 17.9 Å². The van der Waals surface area contributed by atoms with E-state index in [4.69, 9.17) is 9.56 Å². The van der Waals surface area contributed by atoms with Crippen LogP contribution in [0.25, 0.3) is 0 Å². The number of carbonyl (C=O) groups is 1. The Balaban J connectivity index is 1.93. The first kappa shape index (κ1) is 15.3. The molecule has 0 saturated heterocycles. The van der Waals surface area contributed by atoms with Crippen molar-refractivity contribution in [3.8, 4) is 0 Å². The SMILES string of the molecule is Cc1ccc(C(=O)NCc2ccc(CS(N)(=O)=O)cc2)o1. The van der Waals surface area contributed by atoms with Gasteiger partial charge in [0.25, 0.3) is 5.91 Å². The minimum atomic E-state index is -3.53. The monoisotopic (exact) mass is 308 g/mol. The van der Waals surface area contributed by atoms with Gasteiger partial charge < -0.3 is 9.73 Å². The third kappa shape index (κ3) is 4.73. The van der Waals surface area contributed by atoms with Crippen LogP contribution in [0, 0.1) is 6.92 Å². The lowest BCUT2D eigenvalue weighted by molar-refractivity contribution is 0.0922. The van der Waals surface area contributed by atoms with E-state index in [1.807, 2.05) is 0 Å². The molecule has 0 saturated carbocycles. The molecule has 2 aromatic rings. The summed E-state index contributed by atoms with van der Waals surface area (Å²) < 4.78 is 27.2. The highest BCUT2D eigenvalue weighted by molar-refractivity contribution is 7.88. The number of hydrogen-bond acceptors (Lipinski definition) is 4. The van der Waals surface area contributed by atoms with Gasteiger partial charge in [-0.05, 0) is 30.2 Å². The van der Waals surface area contributed by atoms with Crippen molar-refractivity contribution in [3.05, 3.63) is 59.0 Å². The molecule has 0 aliphatic heterocycles. The maximum Gasteiger partial charge on any atom is 0.287 e. The third-order valence-electron chi connectivity index (χ3n) is 2.81. The fraction of sp³-hybridized carbons (Fsp3) is 0.214. The summed E-state index contributed by atoms with van der Waals surface area (Å²) in [6.07, 6.45) is 0. The summed E-state index contributed by atoms with van der Waals surface area (Å²) in [5.41, 5.74) is 1.46. The number of rotatable bonds is 5. The molecule has 1 heterocycles. The number of aryl methyl sites for hydroxylation is 1. The molecule has 0 radical (unpaired) electrons. The molecule has 0 unspecified atom stereocenters. The van der Waals surface area contributed by atoms with Crippen LogP contribution in [0.3, 0.4) is 0 Å². The minimum Gasteiger partial charge on any atom is -0.456 e. The number of furan rings is 1. The van der Waals surface area contributed by atoms with Gasteiger partial charge in [-0.2, -0.15) is 0 Å². The van der Waals surface area contributed by atoms with E-state index < -0.39 is 10.0 Å². The fourth-order valence-corrected chi connectivity index (χ4v) is 2.47. The summed E-state index contributed by atoms with van der Waals surface area (Å²) >= 11 is 0. The van der Waals surface area contributed by atoms with Gasteiger partial charge in [0.2, 0.25) is 10.0 Å². The highest BCUT2D eigenvalue weighted by Gasteiger charge is 2.09. The second-order valence-electron chi connectivity index (χ2n) is 4.72. The van der Waals surface area contributed by atoms with Gasteiger partial charge in [-0.15, -0.1) is 0 Å². The molecule has 0 fully saturated rings. The minimum absolute atomic E-state index is 0.203. The first-order valence-electron chi connectivity index (χ1n) is 6.26. The molecule has 112 valence electrons. The van der Waals surface area contributed by atoms with E-state index in [1.54, 1.807) is 43.3 Å². The van der Waals surface area contributed by atoms with E-state index in [-0.39, 0.29) is 17.4 Å². The standard InChI is InChI=1S/C14H16N2O4S/c1-10-2-7-13(20-10)14(17)16-8-11-3-5-12(6-4-11)9-21(15,18)19/h2-7H,8-9H2,1H3,(H,16,17)(H2,15,18,19). The number of carbonyl (C=O) groups excluding carboxylic acids is 1. The maximum absolute atomic E-state index is 11.8. The van der Waals surface area contributed by atoms with Crippen LogP contribution in [0.15, 0.2) is 40.8 Å². The van der Waals surface area contributed by atoms with Crippen LogP contribution >= 0.6 is 0 Å².